The number of methoxy groups -OCH3 is 2. The van der Waals surface area contributed by atoms with Crippen LogP contribution in [0, 0.1) is 6.92 Å². The first-order valence-corrected chi connectivity index (χ1v) is 8.04. The zero-order valence-corrected chi connectivity index (χ0v) is 15.6. The van der Waals surface area contributed by atoms with Gasteiger partial charge in [-0.2, -0.15) is 0 Å². The van der Waals surface area contributed by atoms with Crippen LogP contribution in [0.2, 0.25) is 0 Å². The van der Waals surface area contributed by atoms with Crippen molar-refractivity contribution in [3.8, 4) is 11.5 Å². The summed E-state index contributed by atoms with van der Waals surface area (Å²) >= 11 is 0. The number of rotatable bonds is 6. The standard InChI is InChI=1S/C19H25N3O3/c1-12-10-16(24-5)17(25-6)11-15(12)13(2)21-19(23)14-8-7-9-20-18(14)22(3)4/h7-11,13H,1-6H3,(H,21,23)/t13-/m1/s1. The minimum atomic E-state index is -0.192. The van der Waals surface area contributed by atoms with Gasteiger partial charge in [0.1, 0.15) is 5.82 Å². The molecule has 0 aliphatic rings. The number of nitrogens with one attached hydrogen (secondary N) is 1. The average Bonchev–Trinajstić information content (AvgIpc) is 2.61. The van der Waals surface area contributed by atoms with Gasteiger partial charge in [0.05, 0.1) is 25.8 Å². The van der Waals surface area contributed by atoms with Crippen LogP contribution >= 0.6 is 0 Å². The highest BCUT2D eigenvalue weighted by molar-refractivity contribution is 5.99. The molecule has 0 radical (unpaired) electrons. The first kappa shape index (κ1) is 18.6. The summed E-state index contributed by atoms with van der Waals surface area (Å²) in [4.78, 5) is 18.8. The third-order valence-electron chi connectivity index (χ3n) is 4.04. The van der Waals surface area contributed by atoms with Crippen molar-refractivity contribution in [1.29, 1.82) is 0 Å². The van der Waals surface area contributed by atoms with Crippen LogP contribution in [-0.4, -0.2) is 39.2 Å². The fraction of sp³-hybridized carbons (Fsp3) is 0.368. The Morgan fingerprint density at radius 2 is 1.84 bits per heavy atom. The smallest absolute Gasteiger partial charge is 0.255 e. The second-order valence-corrected chi connectivity index (χ2v) is 6.03. The summed E-state index contributed by atoms with van der Waals surface area (Å²) in [5.41, 5.74) is 2.53. The molecule has 0 saturated carbocycles. The maximum absolute atomic E-state index is 12.7. The Bertz CT molecular complexity index is 760. The van der Waals surface area contributed by atoms with Gasteiger partial charge in [-0.25, -0.2) is 4.98 Å². The molecule has 2 aromatic rings. The summed E-state index contributed by atoms with van der Waals surface area (Å²) < 4.78 is 10.7. The number of hydrogen-bond acceptors (Lipinski definition) is 5. The van der Waals surface area contributed by atoms with E-state index in [2.05, 4.69) is 10.3 Å². The van der Waals surface area contributed by atoms with Gasteiger partial charge in [-0.15, -0.1) is 0 Å². The van der Waals surface area contributed by atoms with Crippen LogP contribution in [0.4, 0.5) is 5.82 Å². The summed E-state index contributed by atoms with van der Waals surface area (Å²) in [5, 5.41) is 3.04. The lowest BCUT2D eigenvalue weighted by molar-refractivity contribution is 0.0940. The number of carbonyl (C=O) groups excluding carboxylic acids is 1. The number of aryl methyl sites for hydroxylation is 1. The highest BCUT2D eigenvalue weighted by Gasteiger charge is 2.19. The highest BCUT2D eigenvalue weighted by atomic mass is 16.5. The van der Waals surface area contributed by atoms with E-state index in [1.807, 2.05) is 45.0 Å². The van der Waals surface area contributed by atoms with Crippen molar-refractivity contribution in [2.45, 2.75) is 19.9 Å². The van der Waals surface area contributed by atoms with Gasteiger partial charge in [0.15, 0.2) is 11.5 Å². The van der Waals surface area contributed by atoms with Gasteiger partial charge in [0.2, 0.25) is 0 Å². The summed E-state index contributed by atoms with van der Waals surface area (Å²) in [6, 6.07) is 7.14. The molecule has 134 valence electrons. The molecule has 6 nitrogen and oxygen atoms in total. The number of benzene rings is 1. The summed E-state index contributed by atoms with van der Waals surface area (Å²) in [5.74, 6) is 1.78. The Kier molecular flexibility index (Phi) is 5.85. The third kappa shape index (κ3) is 4.02. The number of nitrogens with zero attached hydrogens (tertiary/aromatic N) is 2. The van der Waals surface area contributed by atoms with Crippen LogP contribution in [0.15, 0.2) is 30.5 Å². The number of carbonyl (C=O) groups is 1. The Morgan fingerprint density at radius 1 is 1.20 bits per heavy atom. The van der Waals surface area contributed by atoms with E-state index in [1.165, 1.54) is 0 Å². The van der Waals surface area contributed by atoms with Crippen LogP contribution in [0.3, 0.4) is 0 Å². The van der Waals surface area contributed by atoms with Gasteiger partial charge in [-0.3, -0.25) is 4.79 Å². The largest absolute Gasteiger partial charge is 0.493 e. The first-order chi connectivity index (χ1) is 11.9. The molecule has 0 aliphatic carbocycles. The molecule has 1 heterocycles. The lowest BCUT2D eigenvalue weighted by Gasteiger charge is -2.21. The Balaban J connectivity index is 2.28. The Labute approximate surface area is 148 Å². The molecule has 25 heavy (non-hydrogen) atoms. The normalized spacial score (nSPS) is 11.6. The molecule has 1 aromatic carbocycles. The van der Waals surface area contributed by atoms with Gasteiger partial charge in [-0.1, -0.05) is 0 Å². The molecule has 2 rings (SSSR count). The first-order valence-electron chi connectivity index (χ1n) is 8.04. The maximum Gasteiger partial charge on any atom is 0.255 e. The molecule has 1 N–H and O–H groups in total. The zero-order chi connectivity index (χ0) is 18.6. The molecule has 0 unspecified atom stereocenters. The lowest BCUT2D eigenvalue weighted by atomic mass is 10.0. The van der Waals surface area contributed by atoms with Gasteiger partial charge in [0.25, 0.3) is 5.91 Å². The van der Waals surface area contributed by atoms with Crippen molar-refractivity contribution in [3.05, 3.63) is 47.2 Å². The fourth-order valence-corrected chi connectivity index (χ4v) is 2.75. The molecule has 0 saturated heterocycles. The van der Waals surface area contributed by atoms with Crippen LogP contribution < -0.4 is 19.7 Å². The SMILES string of the molecule is COc1cc(C)c([C@@H](C)NC(=O)c2cccnc2N(C)C)cc1OC. The summed E-state index contributed by atoms with van der Waals surface area (Å²) in [6.07, 6.45) is 1.67. The van der Waals surface area contributed by atoms with Crippen LogP contribution in [0.1, 0.15) is 34.5 Å². The van der Waals surface area contributed by atoms with E-state index >= 15 is 0 Å². The molecule has 1 amide bonds. The molecule has 0 bridgehead atoms. The number of hydrogen-bond donors (Lipinski definition) is 1. The predicted octanol–water partition coefficient (Wildman–Crippen LogP) is 2.96. The average molecular weight is 343 g/mol. The van der Waals surface area contributed by atoms with Gasteiger partial charge in [0, 0.05) is 20.3 Å². The molecule has 0 spiro atoms. The maximum atomic E-state index is 12.7. The monoisotopic (exact) mass is 343 g/mol. The van der Waals surface area contributed by atoms with Crippen molar-refractivity contribution in [2.75, 3.05) is 33.2 Å². The van der Waals surface area contributed by atoms with E-state index in [4.69, 9.17) is 9.47 Å². The molecule has 1 atom stereocenters. The summed E-state index contributed by atoms with van der Waals surface area (Å²) in [6.45, 7) is 3.92. The second-order valence-electron chi connectivity index (χ2n) is 6.03. The lowest BCUT2D eigenvalue weighted by Crippen LogP contribution is -2.29. The number of ether oxygens (including phenoxy) is 2. The zero-order valence-electron chi connectivity index (χ0n) is 15.6. The quantitative estimate of drug-likeness (QED) is 0.874. The van der Waals surface area contributed by atoms with Gasteiger partial charge in [-0.05, 0) is 49.2 Å². The minimum Gasteiger partial charge on any atom is -0.493 e. The van der Waals surface area contributed by atoms with E-state index in [0.29, 0.717) is 22.9 Å². The van der Waals surface area contributed by atoms with Crippen molar-refractivity contribution >= 4 is 11.7 Å². The molecule has 6 heteroatoms. The van der Waals surface area contributed by atoms with E-state index in [-0.39, 0.29) is 11.9 Å². The third-order valence-corrected chi connectivity index (χ3v) is 4.04. The van der Waals surface area contributed by atoms with E-state index in [1.54, 1.807) is 32.5 Å². The summed E-state index contributed by atoms with van der Waals surface area (Å²) in [7, 11) is 6.93. The van der Waals surface area contributed by atoms with Crippen LogP contribution in [0.5, 0.6) is 11.5 Å². The van der Waals surface area contributed by atoms with E-state index in [9.17, 15) is 4.79 Å². The Hall–Kier alpha value is -2.76. The van der Waals surface area contributed by atoms with Gasteiger partial charge >= 0.3 is 0 Å². The van der Waals surface area contributed by atoms with Crippen LogP contribution in [-0.2, 0) is 0 Å². The molecule has 0 aliphatic heterocycles. The van der Waals surface area contributed by atoms with Crippen molar-refractivity contribution in [1.82, 2.24) is 10.3 Å². The molecular formula is C19H25N3O3. The Morgan fingerprint density at radius 3 is 2.44 bits per heavy atom. The number of pyridine rings is 1. The van der Waals surface area contributed by atoms with E-state index < -0.39 is 0 Å². The van der Waals surface area contributed by atoms with E-state index in [0.717, 1.165) is 11.1 Å². The fourth-order valence-electron chi connectivity index (χ4n) is 2.75. The topological polar surface area (TPSA) is 63.7 Å². The highest BCUT2D eigenvalue weighted by Crippen LogP contribution is 2.33. The van der Waals surface area contributed by atoms with Crippen molar-refractivity contribution < 1.29 is 14.3 Å². The number of anilines is 1. The minimum absolute atomic E-state index is 0.168. The van der Waals surface area contributed by atoms with Crippen molar-refractivity contribution in [2.24, 2.45) is 0 Å². The number of aromatic nitrogens is 1. The second kappa shape index (κ2) is 7.88. The molecule has 0 fully saturated rings. The number of amides is 1. The van der Waals surface area contributed by atoms with Crippen LogP contribution in [0.25, 0.3) is 0 Å². The van der Waals surface area contributed by atoms with Crippen molar-refractivity contribution in [3.63, 3.8) is 0 Å². The molecular weight excluding hydrogens is 318 g/mol. The predicted molar refractivity (Wildman–Crippen MR) is 98.7 cm³/mol. The molecule has 1 aromatic heterocycles. The van der Waals surface area contributed by atoms with Gasteiger partial charge < -0.3 is 19.7 Å².